The molecule has 8 heteroatoms. The van der Waals surface area contributed by atoms with Gasteiger partial charge in [0.05, 0.1) is 0 Å². The molecule has 120 valence electrons. The molecule has 0 aliphatic carbocycles. The summed E-state index contributed by atoms with van der Waals surface area (Å²) in [7, 11) is 0. The van der Waals surface area contributed by atoms with Gasteiger partial charge in [-0.05, 0) is 11.6 Å². The van der Waals surface area contributed by atoms with E-state index in [0.29, 0.717) is 13.1 Å². The SMILES string of the molecule is C.FC1(F)CCNCC1.O=C(Cl)N1CCC(F)(F)CC1. The number of rotatable bonds is 0. The summed E-state index contributed by atoms with van der Waals surface area (Å²) in [6.45, 7) is 1.06. The number of piperidine rings is 2. The zero-order valence-corrected chi connectivity index (χ0v) is 11.2. The van der Waals surface area contributed by atoms with Crippen molar-refractivity contribution in [3.8, 4) is 0 Å². The summed E-state index contributed by atoms with van der Waals surface area (Å²) in [5.74, 6) is -4.99. The van der Waals surface area contributed by atoms with Gasteiger partial charge in [0.1, 0.15) is 0 Å². The minimum absolute atomic E-state index is 0. The highest BCUT2D eigenvalue weighted by Gasteiger charge is 2.35. The Hall–Kier alpha value is -0.560. The fourth-order valence-electron chi connectivity index (χ4n) is 1.80. The van der Waals surface area contributed by atoms with Gasteiger partial charge in [0.2, 0.25) is 0 Å². The first-order valence-corrected chi connectivity index (χ1v) is 6.50. The maximum atomic E-state index is 12.5. The van der Waals surface area contributed by atoms with E-state index in [9.17, 15) is 22.4 Å². The third-order valence-corrected chi connectivity index (χ3v) is 3.32. The minimum Gasteiger partial charge on any atom is -0.329 e. The molecule has 20 heavy (non-hydrogen) atoms. The van der Waals surface area contributed by atoms with Crippen LogP contribution in [0.3, 0.4) is 0 Å². The Morgan fingerprint density at radius 1 is 0.950 bits per heavy atom. The molecule has 2 heterocycles. The van der Waals surface area contributed by atoms with E-state index in [1.807, 2.05) is 0 Å². The van der Waals surface area contributed by atoms with Gasteiger partial charge in [0, 0.05) is 51.9 Å². The van der Waals surface area contributed by atoms with Crippen LogP contribution in [0, 0.1) is 0 Å². The minimum atomic E-state index is -2.61. The highest BCUT2D eigenvalue weighted by atomic mass is 35.5. The van der Waals surface area contributed by atoms with Crippen molar-refractivity contribution < 1.29 is 22.4 Å². The first kappa shape index (κ1) is 19.4. The Labute approximate surface area is 121 Å². The average molecular weight is 321 g/mol. The number of alkyl halides is 4. The van der Waals surface area contributed by atoms with Gasteiger partial charge in [-0.15, -0.1) is 0 Å². The van der Waals surface area contributed by atoms with E-state index in [2.05, 4.69) is 5.32 Å². The van der Waals surface area contributed by atoms with Crippen LogP contribution < -0.4 is 5.32 Å². The molecule has 0 aromatic carbocycles. The molecule has 2 aliphatic heterocycles. The Balaban J connectivity index is 0.000000359. The van der Waals surface area contributed by atoms with Crippen LogP contribution in [0.2, 0.25) is 0 Å². The van der Waals surface area contributed by atoms with E-state index in [-0.39, 0.29) is 46.2 Å². The lowest BCUT2D eigenvalue weighted by atomic mass is 10.1. The van der Waals surface area contributed by atoms with E-state index >= 15 is 0 Å². The topological polar surface area (TPSA) is 32.3 Å². The number of likely N-dealkylation sites (tertiary alicyclic amines) is 1. The quantitative estimate of drug-likeness (QED) is 0.419. The Kier molecular flexibility index (Phi) is 7.80. The van der Waals surface area contributed by atoms with Crippen LogP contribution in [0.25, 0.3) is 0 Å². The predicted molar refractivity (Wildman–Crippen MR) is 70.8 cm³/mol. The summed E-state index contributed by atoms with van der Waals surface area (Å²) in [4.78, 5) is 11.7. The molecule has 0 atom stereocenters. The molecule has 0 unspecified atom stereocenters. The lowest BCUT2D eigenvalue weighted by molar-refractivity contribution is -0.0454. The molecule has 0 spiro atoms. The molecule has 0 bridgehead atoms. The number of carbonyl (C=O) groups excluding carboxylic acids is 1. The maximum Gasteiger partial charge on any atom is 0.316 e. The molecule has 2 rings (SSSR count). The molecule has 2 aliphatic rings. The van der Waals surface area contributed by atoms with Crippen LogP contribution in [-0.4, -0.2) is 48.3 Å². The zero-order valence-electron chi connectivity index (χ0n) is 10.4. The van der Waals surface area contributed by atoms with E-state index in [0.717, 1.165) is 0 Å². The van der Waals surface area contributed by atoms with Gasteiger partial charge < -0.3 is 10.2 Å². The van der Waals surface area contributed by atoms with Gasteiger partial charge in [0.15, 0.2) is 0 Å². The number of nitrogens with one attached hydrogen (secondary N) is 1. The van der Waals surface area contributed by atoms with Crippen molar-refractivity contribution in [2.75, 3.05) is 26.2 Å². The van der Waals surface area contributed by atoms with E-state index in [1.54, 1.807) is 0 Å². The molecule has 0 aromatic rings. The van der Waals surface area contributed by atoms with Gasteiger partial charge in [0.25, 0.3) is 11.8 Å². The number of hydrogen-bond acceptors (Lipinski definition) is 2. The molecule has 0 aromatic heterocycles. The number of amides is 1. The molecule has 2 fully saturated rings. The van der Waals surface area contributed by atoms with Crippen LogP contribution in [0.5, 0.6) is 0 Å². The lowest BCUT2D eigenvalue weighted by Crippen LogP contribution is -2.40. The molecule has 0 radical (unpaired) electrons. The monoisotopic (exact) mass is 320 g/mol. The highest BCUT2D eigenvalue weighted by Crippen LogP contribution is 2.28. The van der Waals surface area contributed by atoms with Gasteiger partial charge >= 0.3 is 5.37 Å². The molecule has 1 amide bonds. The fraction of sp³-hybridized carbons (Fsp3) is 0.917. The second-order valence-corrected chi connectivity index (χ2v) is 5.03. The van der Waals surface area contributed by atoms with Crippen LogP contribution in [-0.2, 0) is 0 Å². The van der Waals surface area contributed by atoms with Crippen LogP contribution >= 0.6 is 11.6 Å². The van der Waals surface area contributed by atoms with Crippen molar-refractivity contribution in [2.45, 2.75) is 45.0 Å². The Morgan fingerprint density at radius 3 is 1.65 bits per heavy atom. The third kappa shape index (κ3) is 7.28. The lowest BCUT2D eigenvalue weighted by Gasteiger charge is -2.29. The molecule has 1 N–H and O–H groups in total. The number of carbonyl (C=O) groups is 1. The van der Waals surface area contributed by atoms with Crippen molar-refractivity contribution in [1.29, 1.82) is 0 Å². The summed E-state index contributed by atoms with van der Waals surface area (Å²) in [5, 5.41) is 2.22. The van der Waals surface area contributed by atoms with Gasteiger partial charge in [-0.3, -0.25) is 4.79 Å². The van der Waals surface area contributed by atoms with Crippen molar-refractivity contribution >= 4 is 17.0 Å². The van der Waals surface area contributed by atoms with E-state index in [1.165, 1.54) is 4.90 Å². The second-order valence-electron chi connectivity index (χ2n) is 4.70. The number of halogens is 5. The molecular formula is C12H21ClF4N2O. The Morgan fingerprint density at radius 2 is 1.35 bits per heavy atom. The summed E-state index contributed by atoms with van der Waals surface area (Å²) in [6, 6.07) is 0. The molecule has 2 saturated heterocycles. The summed E-state index contributed by atoms with van der Waals surface area (Å²) < 4.78 is 49.2. The number of hydrogen-bond donors (Lipinski definition) is 1. The van der Waals surface area contributed by atoms with Crippen molar-refractivity contribution in [2.24, 2.45) is 0 Å². The first-order chi connectivity index (χ1) is 8.72. The molecule has 0 saturated carbocycles. The largest absolute Gasteiger partial charge is 0.329 e. The zero-order chi connectivity index (χ0) is 14.5. The highest BCUT2D eigenvalue weighted by molar-refractivity contribution is 6.62. The number of nitrogens with zero attached hydrogens (tertiary/aromatic N) is 1. The normalized spacial score (nSPS) is 23.9. The Bertz CT molecular complexity index is 298. The van der Waals surface area contributed by atoms with Crippen molar-refractivity contribution in [3.63, 3.8) is 0 Å². The second kappa shape index (κ2) is 8.02. The molecular weight excluding hydrogens is 300 g/mol. The summed E-state index contributed by atoms with van der Waals surface area (Å²) in [5.41, 5.74) is 0. The third-order valence-electron chi connectivity index (χ3n) is 3.08. The van der Waals surface area contributed by atoms with Crippen LogP contribution in [0.1, 0.15) is 33.1 Å². The standard InChI is InChI=1S/C6H8ClF2NO.C5H9F2N.CH4/c7-5(11)10-3-1-6(8,9)2-4-10;6-5(7)1-3-8-4-2-5;/h1-4H2;8H,1-4H2;1H4. The van der Waals surface area contributed by atoms with Gasteiger partial charge in [-0.25, -0.2) is 17.6 Å². The van der Waals surface area contributed by atoms with Gasteiger partial charge in [-0.2, -0.15) is 0 Å². The predicted octanol–water partition coefficient (Wildman–Crippen LogP) is 3.72. The summed E-state index contributed by atoms with van der Waals surface area (Å²) in [6.07, 6.45) is -0.531. The van der Waals surface area contributed by atoms with Crippen LogP contribution in [0.15, 0.2) is 0 Å². The average Bonchev–Trinajstić information content (AvgIpc) is 2.28. The van der Waals surface area contributed by atoms with E-state index in [4.69, 9.17) is 11.6 Å². The van der Waals surface area contributed by atoms with Crippen molar-refractivity contribution in [3.05, 3.63) is 0 Å². The fourth-order valence-corrected chi connectivity index (χ4v) is 1.97. The van der Waals surface area contributed by atoms with E-state index < -0.39 is 17.2 Å². The molecule has 3 nitrogen and oxygen atoms in total. The maximum absolute atomic E-state index is 12.5. The van der Waals surface area contributed by atoms with Crippen molar-refractivity contribution in [1.82, 2.24) is 10.2 Å². The smallest absolute Gasteiger partial charge is 0.316 e. The summed E-state index contributed by atoms with van der Waals surface area (Å²) >= 11 is 5.09. The van der Waals surface area contributed by atoms with Crippen LogP contribution in [0.4, 0.5) is 22.4 Å². The van der Waals surface area contributed by atoms with Gasteiger partial charge in [-0.1, -0.05) is 7.43 Å². The first-order valence-electron chi connectivity index (χ1n) is 6.13.